The summed E-state index contributed by atoms with van der Waals surface area (Å²) in [4.78, 5) is 39.9. The maximum absolute atomic E-state index is 15.6. The van der Waals surface area contributed by atoms with Crippen LogP contribution in [0.15, 0.2) is 36.4 Å². The first-order chi connectivity index (χ1) is 17.6. The van der Waals surface area contributed by atoms with Crippen LogP contribution in [0.2, 0.25) is 0 Å². The molecule has 2 unspecified atom stereocenters. The molecule has 0 aliphatic carbocycles. The topological polar surface area (TPSA) is 131 Å². The molecule has 37 heavy (non-hydrogen) atoms. The second kappa shape index (κ2) is 9.53. The molecule has 10 nitrogen and oxygen atoms in total. The van der Waals surface area contributed by atoms with Crippen molar-refractivity contribution in [2.75, 3.05) is 31.6 Å². The summed E-state index contributed by atoms with van der Waals surface area (Å²) in [5.74, 6) is -2.49. The number of fused-ring (bicyclic) bond motifs is 1. The standard InChI is InChI=1S/C25H28BFN4O6/c26-25(36,30-9-11-37-12-10-30)18-5-1-3-15(21(18)27)13-28-19-6-2-4-16-17(19)14-31(22(16)33)24(35)8-7-20(32)29-23(24)34/h1-6,28,35-36H,7-14,26H2,(H,29,32,34). The SMILES string of the molecule is BC(O)(c1cccc(CNc2cccc3c2CN(C2(O)CCC(=O)NC2=O)C3=O)c1F)N1CCOCC1. The minimum Gasteiger partial charge on any atom is -0.381 e. The first kappa shape index (κ1) is 25.3. The molecule has 4 N–H and O–H groups in total. The van der Waals surface area contributed by atoms with E-state index in [9.17, 15) is 24.6 Å². The Bertz CT molecular complexity index is 1270. The van der Waals surface area contributed by atoms with E-state index in [1.54, 1.807) is 49.1 Å². The zero-order valence-electron chi connectivity index (χ0n) is 20.4. The number of ether oxygens (including phenoxy) is 1. The summed E-state index contributed by atoms with van der Waals surface area (Å²) < 4.78 is 20.9. The molecular weight excluding hydrogens is 482 g/mol. The number of rotatable bonds is 6. The van der Waals surface area contributed by atoms with Crippen molar-refractivity contribution in [3.63, 3.8) is 0 Å². The van der Waals surface area contributed by atoms with Crippen LogP contribution in [0.1, 0.15) is 39.9 Å². The Hall–Kier alpha value is -3.32. The molecule has 194 valence electrons. The summed E-state index contributed by atoms with van der Waals surface area (Å²) in [6.07, 6.45) is -0.279. The van der Waals surface area contributed by atoms with Crippen molar-refractivity contribution in [3.8, 4) is 0 Å². The predicted octanol–water partition coefficient (Wildman–Crippen LogP) is -0.413. The number of carbonyl (C=O) groups is 3. The molecule has 3 amide bonds. The second-order valence-electron chi connectivity index (χ2n) is 9.67. The Morgan fingerprint density at radius 3 is 2.62 bits per heavy atom. The molecule has 5 rings (SSSR count). The quantitative estimate of drug-likeness (QED) is 0.305. The predicted molar refractivity (Wildman–Crippen MR) is 132 cm³/mol. The number of piperidine rings is 1. The maximum atomic E-state index is 15.6. The average Bonchev–Trinajstić information content (AvgIpc) is 3.24. The maximum Gasteiger partial charge on any atom is 0.279 e. The van der Waals surface area contributed by atoms with Crippen LogP contribution in [0.3, 0.4) is 0 Å². The van der Waals surface area contributed by atoms with Crippen molar-refractivity contribution in [1.29, 1.82) is 0 Å². The van der Waals surface area contributed by atoms with Gasteiger partial charge in [-0.1, -0.05) is 24.3 Å². The highest BCUT2D eigenvalue weighted by atomic mass is 19.1. The molecule has 2 atom stereocenters. The monoisotopic (exact) mass is 510 g/mol. The molecular formula is C25H28BFN4O6. The first-order valence-electron chi connectivity index (χ1n) is 12.2. The number of hydrogen-bond donors (Lipinski definition) is 4. The summed E-state index contributed by atoms with van der Waals surface area (Å²) in [7, 11) is 1.57. The van der Waals surface area contributed by atoms with E-state index in [4.69, 9.17) is 4.74 Å². The number of anilines is 1. The molecule has 0 bridgehead atoms. The van der Waals surface area contributed by atoms with Gasteiger partial charge in [-0.05, 0) is 12.1 Å². The number of amides is 3. The number of nitrogens with zero attached hydrogens (tertiary/aromatic N) is 2. The van der Waals surface area contributed by atoms with Gasteiger partial charge >= 0.3 is 0 Å². The largest absolute Gasteiger partial charge is 0.381 e. The fourth-order valence-corrected chi connectivity index (χ4v) is 5.19. The lowest BCUT2D eigenvalue weighted by Gasteiger charge is -2.40. The molecule has 2 aromatic carbocycles. The van der Waals surface area contributed by atoms with Crippen LogP contribution >= 0.6 is 0 Å². The molecule has 3 aliphatic heterocycles. The van der Waals surface area contributed by atoms with Gasteiger partial charge in [0.25, 0.3) is 11.8 Å². The minimum absolute atomic E-state index is 0.0519. The molecule has 0 saturated carbocycles. The lowest BCUT2D eigenvalue weighted by molar-refractivity contribution is -0.167. The van der Waals surface area contributed by atoms with Gasteiger partial charge in [-0.15, -0.1) is 0 Å². The lowest BCUT2D eigenvalue weighted by Crippen LogP contribution is -2.63. The van der Waals surface area contributed by atoms with Crippen LogP contribution in [0, 0.1) is 5.82 Å². The van der Waals surface area contributed by atoms with Gasteiger partial charge in [0.2, 0.25) is 11.6 Å². The Morgan fingerprint density at radius 1 is 1.16 bits per heavy atom. The van der Waals surface area contributed by atoms with Crippen molar-refractivity contribution in [2.45, 2.75) is 37.3 Å². The van der Waals surface area contributed by atoms with Crippen LogP contribution in [-0.2, 0) is 33.0 Å². The van der Waals surface area contributed by atoms with Gasteiger partial charge < -0.3 is 20.3 Å². The average molecular weight is 510 g/mol. The molecule has 2 fully saturated rings. The number of hydrogen-bond acceptors (Lipinski definition) is 8. The normalized spacial score (nSPS) is 24.0. The Morgan fingerprint density at radius 2 is 1.89 bits per heavy atom. The smallest absolute Gasteiger partial charge is 0.279 e. The minimum atomic E-state index is -2.13. The van der Waals surface area contributed by atoms with E-state index in [0.717, 1.165) is 4.90 Å². The molecule has 0 radical (unpaired) electrons. The van der Waals surface area contributed by atoms with Crippen LogP contribution in [0.4, 0.5) is 10.1 Å². The fraction of sp³-hybridized carbons (Fsp3) is 0.400. The molecule has 0 spiro atoms. The number of morpholine rings is 1. The second-order valence-corrected chi connectivity index (χ2v) is 9.67. The molecule has 2 saturated heterocycles. The highest BCUT2D eigenvalue weighted by molar-refractivity contribution is 6.14. The van der Waals surface area contributed by atoms with Crippen LogP contribution in [-0.4, -0.2) is 77.6 Å². The molecule has 2 aromatic rings. The van der Waals surface area contributed by atoms with Crippen molar-refractivity contribution >= 4 is 31.3 Å². The van der Waals surface area contributed by atoms with Gasteiger partial charge in [0.1, 0.15) is 11.4 Å². The van der Waals surface area contributed by atoms with E-state index in [2.05, 4.69) is 10.6 Å². The number of halogens is 1. The summed E-state index contributed by atoms with van der Waals surface area (Å²) >= 11 is 0. The summed E-state index contributed by atoms with van der Waals surface area (Å²) in [5.41, 5.74) is -1.74. The zero-order chi connectivity index (χ0) is 26.4. The van der Waals surface area contributed by atoms with Gasteiger partial charge in [-0.2, -0.15) is 0 Å². The zero-order valence-corrected chi connectivity index (χ0v) is 20.4. The molecule has 3 heterocycles. The Kier molecular flexibility index (Phi) is 6.53. The van der Waals surface area contributed by atoms with E-state index >= 15 is 4.39 Å². The highest BCUT2D eigenvalue weighted by Crippen LogP contribution is 2.36. The fourth-order valence-electron chi connectivity index (χ4n) is 5.19. The van der Waals surface area contributed by atoms with E-state index in [1.165, 1.54) is 0 Å². The third kappa shape index (κ3) is 4.39. The third-order valence-corrected chi connectivity index (χ3v) is 7.42. The van der Waals surface area contributed by atoms with Gasteiger partial charge in [-0.25, -0.2) is 4.39 Å². The van der Waals surface area contributed by atoms with Gasteiger partial charge in [0.05, 0.1) is 19.8 Å². The van der Waals surface area contributed by atoms with Crippen molar-refractivity contribution in [1.82, 2.24) is 15.1 Å². The van der Waals surface area contributed by atoms with Crippen molar-refractivity contribution < 1.29 is 33.7 Å². The number of benzene rings is 2. The van der Waals surface area contributed by atoms with Crippen molar-refractivity contribution in [2.24, 2.45) is 0 Å². The van der Waals surface area contributed by atoms with Crippen molar-refractivity contribution in [3.05, 3.63) is 64.5 Å². The number of imide groups is 1. The Balaban J connectivity index is 1.36. The summed E-state index contributed by atoms with van der Waals surface area (Å²) in [6, 6.07) is 9.85. The highest BCUT2D eigenvalue weighted by Gasteiger charge is 2.51. The summed E-state index contributed by atoms with van der Waals surface area (Å²) in [6.45, 7) is 1.90. The lowest BCUT2D eigenvalue weighted by atomic mass is 9.81. The van der Waals surface area contributed by atoms with Crippen LogP contribution in [0.5, 0.6) is 0 Å². The van der Waals surface area contributed by atoms with E-state index in [-0.39, 0.29) is 31.5 Å². The van der Waals surface area contributed by atoms with E-state index in [0.29, 0.717) is 48.7 Å². The Labute approximate surface area is 213 Å². The van der Waals surface area contributed by atoms with Gasteiger partial charge in [0, 0.05) is 60.4 Å². The number of nitrogens with one attached hydrogen (secondary N) is 2. The molecule has 3 aliphatic rings. The molecule has 0 aromatic heterocycles. The van der Waals surface area contributed by atoms with Crippen LogP contribution < -0.4 is 10.6 Å². The molecule has 12 heteroatoms. The number of aliphatic hydroxyl groups is 2. The van der Waals surface area contributed by atoms with E-state index in [1.807, 2.05) is 0 Å². The first-order valence-corrected chi connectivity index (χ1v) is 12.2. The van der Waals surface area contributed by atoms with Gasteiger partial charge in [-0.3, -0.25) is 29.5 Å². The third-order valence-electron chi connectivity index (χ3n) is 7.42. The van der Waals surface area contributed by atoms with Gasteiger partial charge in [0.15, 0.2) is 7.85 Å². The van der Waals surface area contributed by atoms with E-state index < -0.39 is 34.9 Å². The van der Waals surface area contributed by atoms with Crippen LogP contribution in [0.25, 0.3) is 0 Å². The summed E-state index contributed by atoms with van der Waals surface area (Å²) in [5, 5.41) is 27.4. The number of carbonyl (C=O) groups excluding carboxylic acids is 3.